The van der Waals surface area contributed by atoms with Crippen molar-refractivity contribution in [3.63, 3.8) is 0 Å². The van der Waals surface area contributed by atoms with Crippen molar-refractivity contribution in [1.29, 1.82) is 0 Å². The highest BCUT2D eigenvalue weighted by Gasteiger charge is 2.43. The number of ether oxygens (including phenoxy) is 1. The van der Waals surface area contributed by atoms with E-state index in [1.807, 2.05) is 0 Å². The van der Waals surface area contributed by atoms with Crippen LogP contribution in [-0.2, 0) is 20.5 Å². The summed E-state index contributed by atoms with van der Waals surface area (Å²) in [5.74, 6) is -2.19. The lowest BCUT2D eigenvalue weighted by Gasteiger charge is -2.32. The molecule has 2 aromatic carbocycles. The van der Waals surface area contributed by atoms with E-state index in [1.54, 1.807) is 6.07 Å². The lowest BCUT2D eigenvalue weighted by Crippen LogP contribution is -2.37. The standard InChI is InChI=1S/C20H13F4NO3/c21-13-3-1-2-11(8-13)15-9-17(26)25(16-10-28-19(27)18(15)16)14-6-4-12(5-7-14)20(22,23)24/h1-8,15H,9-10H2. The Labute approximate surface area is 157 Å². The molecule has 1 atom stereocenters. The predicted molar refractivity (Wildman–Crippen MR) is 90.7 cm³/mol. The molecule has 0 aliphatic carbocycles. The van der Waals surface area contributed by atoms with E-state index in [9.17, 15) is 27.2 Å². The first-order chi connectivity index (χ1) is 13.3. The Kier molecular flexibility index (Phi) is 4.21. The van der Waals surface area contributed by atoms with Crippen LogP contribution in [0.1, 0.15) is 23.5 Å². The molecule has 0 bridgehead atoms. The minimum Gasteiger partial charge on any atom is -0.456 e. The summed E-state index contributed by atoms with van der Waals surface area (Å²) < 4.78 is 57.1. The number of esters is 1. The van der Waals surface area contributed by atoms with Crippen LogP contribution in [-0.4, -0.2) is 18.5 Å². The number of halogens is 4. The molecule has 0 aromatic heterocycles. The molecule has 0 saturated heterocycles. The largest absolute Gasteiger partial charge is 0.456 e. The maximum absolute atomic E-state index is 13.6. The average Bonchev–Trinajstić information content (AvgIpc) is 3.02. The Morgan fingerprint density at radius 3 is 2.39 bits per heavy atom. The maximum atomic E-state index is 13.6. The van der Waals surface area contributed by atoms with Crippen LogP contribution >= 0.6 is 0 Å². The normalized spacial score (nSPS) is 19.7. The van der Waals surface area contributed by atoms with E-state index in [2.05, 4.69) is 0 Å². The molecule has 0 spiro atoms. The number of hydrogen-bond donors (Lipinski definition) is 0. The Morgan fingerprint density at radius 1 is 1.04 bits per heavy atom. The quantitative estimate of drug-likeness (QED) is 0.570. The second-order valence-electron chi connectivity index (χ2n) is 6.52. The third-order valence-corrected chi connectivity index (χ3v) is 4.82. The van der Waals surface area contributed by atoms with Crippen LogP contribution in [0.5, 0.6) is 0 Å². The third-order valence-electron chi connectivity index (χ3n) is 4.82. The molecule has 2 aliphatic heterocycles. The minimum atomic E-state index is -4.50. The number of rotatable bonds is 2. The van der Waals surface area contributed by atoms with Gasteiger partial charge in [-0.05, 0) is 42.0 Å². The van der Waals surface area contributed by atoms with E-state index in [0.717, 1.165) is 12.1 Å². The molecule has 0 saturated carbocycles. The number of amides is 1. The van der Waals surface area contributed by atoms with Crippen molar-refractivity contribution in [3.8, 4) is 0 Å². The fraction of sp³-hybridized carbons (Fsp3) is 0.200. The van der Waals surface area contributed by atoms with Crippen LogP contribution in [0.3, 0.4) is 0 Å². The maximum Gasteiger partial charge on any atom is 0.416 e. The van der Waals surface area contributed by atoms with E-state index in [1.165, 1.54) is 35.2 Å². The van der Waals surface area contributed by atoms with Crippen LogP contribution in [0.2, 0.25) is 0 Å². The topological polar surface area (TPSA) is 46.6 Å². The van der Waals surface area contributed by atoms with Gasteiger partial charge in [-0.1, -0.05) is 12.1 Å². The molecular weight excluding hydrogens is 378 g/mol. The molecule has 144 valence electrons. The van der Waals surface area contributed by atoms with Gasteiger partial charge in [-0.25, -0.2) is 9.18 Å². The number of hydrogen-bond acceptors (Lipinski definition) is 3. The lowest BCUT2D eigenvalue weighted by molar-refractivity contribution is -0.138. The zero-order valence-electron chi connectivity index (χ0n) is 14.3. The highest BCUT2D eigenvalue weighted by molar-refractivity contribution is 6.06. The molecule has 2 heterocycles. The highest BCUT2D eigenvalue weighted by atomic mass is 19.4. The number of anilines is 1. The molecule has 1 amide bonds. The summed E-state index contributed by atoms with van der Waals surface area (Å²) >= 11 is 0. The number of alkyl halides is 3. The van der Waals surface area contributed by atoms with Crippen molar-refractivity contribution >= 4 is 17.6 Å². The van der Waals surface area contributed by atoms with Crippen molar-refractivity contribution in [1.82, 2.24) is 0 Å². The summed E-state index contributed by atoms with van der Waals surface area (Å²) in [5, 5.41) is 0. The van der Waals surface area contributed by atoms with Gasteiger partial charge in [0.2, 0.25) is 5.91 Å². The molecule has 0 N–H and O–H groups in total. The Morgan fingerprint density at radius 2 is 1.75 bits per heavy atom. The Bertz CT molecular complexity index is 995. The van der Waals surface area contributed by atoms with Gasteiger partial charge in [-0.3, -0.25) is 9.69 Å². The van der Waals surface area contributed by atoms with E-state index in [-0.39, 0.29) is 30.0 Å². The molecule has 8 heteroatoms. The second kappa shape index (κ2) is 6.47. The summed E-state index contributed by atoms with van der Waals surface area (Å²) in [4.78, 5) is 26.3. The summed E-state index contributed by atoms with van der Waals surface area (Å²) in [6, 6.07) is 9.71. The lowest BCUT2D eigenvalue weighted by atomic mass is 9.84. The van der Waals surface area contributed by atoms with Crippen molar-refractivity contribution in [2.45, 2.75) is 18.5 Å². The summed E-state index contributed by atoms with van der Waals surface area (Å²) in [6.07, 6.45) is -4.62. The third kappa shape index (κ3) is 3.04. The number of benzene rings is 2. The van der Waals surface area contributed by atoms with Crippen molar-refractivity contribution in [3.05, 3.63) is 76.7 Å². The highest BCUT2D eigenvalue weighted by Crippen LogP contribution is 2.42. The zero-order chi connectivity index (χ0) is 20.1. The first kappa shape index (κ1) is 18.2. The SMILES string of the molecule is O=C1OCC2=C1C(c1cccc(F)c1)CC(=O)N2c1ccc(C(F)(F)F)cc1. The van der Waals surface area contributed by atoms with Gasteiger partial charge in [0.05, 0.1) is 16.8 Å². The predicted octanol–water partition coefficient (Wildman–Crippen LogP) is 4.18. The molecule has 0 fully saturated rings. The molecule has 0 radical (unpaired) electrons. The first-order valence-electron chi connectivity index (χ1n) is 8.41. The van der Waals surface area contributed by atoms with Gasteiger partial charge >= 0.3 is 12.1 Å². The second-order valence-corrected chi connectivity index (χ2v) is 6.52. The van der Waals surface area contributed by atoms with Gasteiger partial charge in [0.15, 0.2) is 0 Å². The van der Waals surface area contributed by atoms with Gasteiger partial charge in [0.1, 0.15) is 12.4 Å². The molecule has 4 nitrogen and oxygen atoms in total. The van der Waals surface area contributed by atoms with Gasteiger partial charge in [0, 0.05) is 18.0 Å². The number of carbonyl (C=O) groups is 2. The zero-order valence-corrected chi connectivity index (χ0v) is 14.3. The van der Waals surface area contributed by atoms with Crippen LogP contribution in [0.25, 0.3) is 0 Å². The summed E-state index contributed by atoms with van der Waals surface area (Å²) in [5.41, 5.74) is 0.333. The van der Waals surface area contributed by atoms with Crippen LogP contribution in [0, 0.1) is 5.82 Å². The smallest absolute Gasteiger partial charge is 0.416 e. The van der Waals surface area contributed by atoms with Crippen molar-refractivity contribution < 1.29 is 31.9 Å². The molecule has 2 aliphatic rings. The average molecular weight is 391 g/mol. The van der Waals surface area contributed by atoms with Gasteiger partial charge < -0.3 is 4.74 Å². The summed E-state index contributed by atoms with van der Waals surface area (Å²) in [7, 11) is 0. The van der Waals surface area contributed by atoms with E-state index >= 15 is 0 Å². The molecule has 28 heavy (non-hydrogen) atoms. The van der Waals surface area contributed by atoms with Gasteiger partial charge in [0.25, 0.3) is 0 Å². The van der Waals surface area contributed by atoms with E-state index in [4.69, 9.17) is 4.74 Å². The monoisotopic (exact) mass is 391 g/mol. The first-order valence-corrected chi connectivity index (χ1v) is 8.41. The van der Waals surface area contributed by atoms with Crippen LogP contribution < -0.4 is 4.90 Å². The van der Waals surface area contributed by atoms with E-state index < -0.39 is 35.4 Å². The molecule has 4 rings (SSSR count). The minimum absolute atomic E-state index is 0.127. The van der Waals surface area contributed by atoms with E-state index in [0.29, 0.717) is 5.56 Å². The number of cyclic esters (lactones) is 1. The Balaban J connectivity index is 1.77. The van der Waals surface area contributed by atoms with Crippen LogP contribution in [0.15, 0.2) is 59.8 Å². The van der Waals surface area contributed by atoms with Gasteiger partial charge in [-0.15, -0.1) is 0 Å². The number of carbonyl (C=O) groups excluding carboxylic acids is 2. The van der Waals surface area contributed by atoms with Crippen molar-refractivity contribution in [2.75, 3.05) is 11.5 Å². The number of nitrogens with zero attached hydrogens (tertiary/aromatic N) is 1. The summed E-state index contributed by atoms with van der Waals surface area (Å²) in [6.45, 7) is -0.174. The van der Waals surface area contributed by atoms with Crippen molar-refractivity contribution in [2.24, 2.45) is 0 Å². The fourth-order valence-electron chi connectivity index (χ4n) is 3.56. The molecular formula is C20H13F4NO3. The van der Waals surface area contributed by atoms with Gasteiger partial charge in [-0.2, -0.15) is 13.2 Å². The fourth-order valence-corrected chi connectivity index (χ4v) is 3.56. The molecule has 1 unspecified atom stereocenters. The Hall–Kier alpha value is -3.16. The van der Waals surface area contributed by atoms with Crippen LogP contribution in [0.4, 0.5) is 23.2 Å². The molecule has 2 aromatic rings.